The first kappa shape index (κ1) is 20.9. The number of nitrogens with zero attached hydrogens (tertiary/aromatic N) is 2. The lowest BCUT2D eigenvalue weighted by atomic mass is 9.97. The third kappa shape index (κ3) is 5.73. The number of aromatic nitrogens is 2. The van der Waals surface area contributed by atoms with Gasteiger partial charge in [-0.25, -0.2) is 0 Å². The molecule has 0 saturated heterocycles. The van der Waals surface area contributed by atoms with Crippen LogP contribution in [-0.2, 0) is 4.79 Å². The van der Waals surface area contributed by atoms with E-state index in [2.05, 4.69) is 34.6 Å². The van der Waals surface area contributed by atoms with Crippen molar-refractivity contribution >= 4 is 46.5 Å². The van der Waals surface area contributed by atoms with E-state index in [-0.39, 0.29) is 24.2 Å². The predicted octanol–water partition coefficient (Wildman–Crippen LogP) is 3.52. The van der Waals surface area contributed by atoms with E-state index in [1.54, 1.807) is 11.8 Å². The van der Waals surface area contributed by atoms with Crippen LogP contribution in [0.1, 0.15) is 36.3 Å². The van der Waals surface area contributed by atoms with E-state index in [1.165, 1.54) is 16.9 Å². The molecule has 5 nitrogen and oxygen atoms in total. The van der Waals surface area contributed by atoms with Crippen molar-refractivity contribution in [2.45, 2.75) is 31.7 Å². The Balaban J connectivity index is 0.00000288. The molecule has 1 aromatic heterocycles. The average Bonchev–Trinajstić information content (AvgIpc) is 3.02. The molecule has 2 aromatic rings. The van der Waals surface area contributed by atoms with Crippen molar-refractivity contribution in [2.24, 2.45) is 5.73 Å². The zero-order valence-corrected chi connectivity index (χ0v) is 16.2. The zero-order valence-electron chi connectivity index (χ0n) is 13.8. The van der Waals surface area contributed by atoms with Crippen LogP contribution in [0.2, 0.25) is 0 Å². The van der Waals surface area contributed by atoms with Gasteiger partial charge in [-0.3, -0.25) is 10.1 Å². The van der Waals surface area contributed by atoms with Crippen molar-refractivity contribution in [1.82, 2.24) is 10.2 Å². The smallest absolute Gasteiger partial charge is 0.243 e. The van der Waals surface area contributed by atoms with Gasteiger partial charge in [-0.15, -0.1) is 22.6 Å². The highest BCUT2D eigenvalue weighted by Gasteiger charge is 2.19. The number of nitrogens with two attached hydrogens (primary N) is 1. The maximum Gasteiger partial charge on any atom is 0.243 e. The van der Waals surface area contributed by atoms with Crippen LogP contribution in [0, 0.1) is 0 Å². The molecule has 24 heavy (non-hydrogen) atoms. The number of benzene rings is 1. The Labute approximate surface area is 157 Å². The predicted molar refractivity (Wildman–Crippen MR) is 105 cm³/mol. The van der Waals surface area contributed by atoms with Crippen LogP contribution in [0.25, 0.3) is 0 Å². The van der Waals surface area contributed by atoms with Gasteiger partial charge in [0.2, 0.25) is 11.0 Å². The van der Waals surface area contributed by atoms with E-state index in [4.69, 9.17) is 5.73 Å². The van der Waals surface area contributed by atoms with Crippen LogP contribution in [0.4, 0.5) is 5.13 Å². The molecule has 132 valence electrons. The van der Waals surface area contributed by atoms with Gasteiger partial charge in [0.1, 0.15) is 5.01 Å². The summed E-state index contributed by atoms with van der Waals surface area (Å²) in [6.07, 6.45) is 3.58. The number of hydrogen-bond donors (Lipinski definition) is 2. The van der Waals surface area contributed by atoms with Crippen molar-refractivity contribution in [2.75, 3.05) is 17.3 Å². The van der Waals surface area contributed by atoms with Crippen LogP contribution >= 0.6 is 35.5 Å². The SMILES string of the molecule is CCC(c1ccccc1)c1nnc(NC(=O)C(N)CCSC)s1.Cl. The number of amides is 1. The van der Waals surface area contributed by atoms with Crippen LogP contribution in [0.15, 0.2) is 30.3 Å². The number of hydrogen-bond acceptors (Lipinski definition) is 6. The molecule has 0 aliphatic rings. The molecule has 0 aliphatic heterocycles. The number of thioether (sulfide) groups is 1. The molecule has 2 unspecified atom stereocenters. The minimum absolute atomic E-state index is 0. The molecule has 0 bridgehead atoms. The second-order valence-corrected chi connectivity index (χ2v) is 7.19. The summed E-state index contributed by atoms with van der Waals surface area (Å²) < 4.78 is 0. The Kier molecular flexibility index (Phi) is 9.28. The summed E-state index contributed by atoms with van der Waals surface area (Å²) in [5.74, 6) is 0.862. The fraction of sp³-hybridized carbons (Fsp3) is 0.438. The Bertz CT molecular complexity index is 624. The summed E-state index contributed by atoms with van der Waals surface area (Å²) in [6, 6.07) is 9.71. The first-order valence-electron chi connectivity index (χ1n) is 7.59. The van der Waals surface area contributed by atoms with E-state index in [0.717, 1.165) is 17.2 Å². The minimum atomic E-state index is -0.508. The molecule has 0 fully saturated rings. The van der Waals surface area contributed by atoms with Gasteiger partial charge in [0.05, 0.1) is 6.04 Å². The van der Waals surface area contributed by atoms with Gasteiger partial charge in [-0.2, -0.15) is 11.8 Å². The Morgan fingerprint density at radius 2 is 2.04 bits per heavy atom. The summed E-state index contributed by atoms with van der Waals surface area (Å²) >= 11 is 3.09. The first-order valence-corrected chi connectivity index (χ1v) is 9.80. The number of anilines is 1. The maximum absolute atomic E-state index is 12.0. The summed E-state index contributed by atoms with van der Waals surface area (Å²) in [7, 11) is 0. The van der Waals surface area contributed by atoms with Crippen LogP contribution in [-0.4, -0.2) is 34.2 Å². The molecule has 2 atom stereocenters. The van der Waals surface area contributed by atoms with E-state index < -0.39 is 6.04 Å². The minimum Gasteiger partial charge on any atom is -0.320 e. The summed E-state index contributed by atoms with van der Waals surface area (Å²) in [5, 5.41) is 12.5. The highest BCUT2D eigenvalue weighted by atomic mass is 35.5. The highest BCUT2D eigenvalue weighted by molar-refractivity contribution is 7.98. The second-order valence-electron chi connectivity index (χ2n) is 5.19. The fourth-order valence-electron chi connectivity index (χ4n) is 2.24. The van der Waals surface area contributed by atoms with Crippen molar-refractivity contribution in [3.8, 4) is 0 Å². The van der Waals surface area contributed by atoms with Crippen LogP contribution in [0.5, 0.6) is 0 Å². The Hall–Kier alpha value is -1.15. The standard InChI is InChI=1S/C16H22N4OS2.ClH/c1-3-12(11-7-5-4-6-8-11)15-19-20-16(23-15)18-14(21)13(17)9-10-22-2;/h4-8,12-13H,3,9-10,17H2,1-2H3,(H,18,20,21);1H. The number of rotatable bonds is 8. The van der Waals surface area contributed by atoms with Gasteiger partial charge in [-0.1, -0.05) is 48.6 Å². The number of halogens is 1. The summed E-state index contributed by atoms with van der Waals surface area (Å²) in [6.45, 7) is 2.12. The molecule has 1 amide bonds. The molecule has 0 saturated carbocycles. The Morgan fingerprint density at radius 3 is 2.67 bits per heavy atom. The number of carbonyl (C=O) groups is 1. The lowest BCUT2D eigenvalue weighted by molar-refractivity contribution is -0.117. The van der Waals surface area contributed by atoms with E-state index in [0.29, 0.717) is 11.6 Å². The van der Waals surface area contributed by atoms with Crippen molar-refractivity contribution in [3.63, 3.8) is 0 Å². The molecule has 3 N–H and O–H groups in total. The van der Waals surface area contributed by atoms with Crippen molar-refractivity contribution < 1.29 is 4.79 Å². The van der Waals surface area contributed by atoms with Gasteiger partial charge < -0.3 is 5.73 Å². The maximum atomic E-state index is 12.0. The zero-order chi connectivity index (χ0) is 16.7. The molecule has 2 rings (SSSR count). The molecule has 8 heteroatoms. The number of carbonyl (C=O) groups excluding carboxylic acids is 1. The average molecular weight is 387 g/mol. The quantitative estimate of drug-likeness (QED) is 0.725. The van der Waals surface area contributed by atoms with Crippen molar-refractivity contribution in [3.05, 3.63) is 40.9 Å². The van der Waals surface area contributed by atoms with Crippen LogP contribution < -0.4 is 11.1 Å². The first-order chi connectivity index (χ1) is 11.2. The molecule has 1 heterocycles. The Morgan fingerprint density at radius 1 is 1.33 bits per heavy atom. The number of nitrogens with one attached hydrogen (secondary N) is 1. The molecule has 0 aliphatic carbocycles. The normalized spacial score (nSPS) is 13.0. The van der Waals surface area contributed by atoms with Gasteiger partial charge in [0, 0.05) is 5.92 Å². The van der Waals surface area contributed by atoms with E-state index >= 15 is 0 Å². The van der Waals surface area contributed by atoms with E-state index in [9.17, 15) is 4.79 Å². The fourth-order valence-corrected chi connectivity index (χ4v) is 3.69. The van der Waals surface area contributed by atoms with Gasteiger partial charge in [-0.05, 0) is 30.4 Å². The summed E-state index contributed by atoms with van der Waals surface area (Å²) in [5.41, 5.74) is 7.08. The topological polar surface area (TPSA) is 80.9 Å². The third-order valence-corrected chi connectivity index (χ3v) is 5.15. The summed E-state index contributed by atoms with van der Waals surface area (Å²) in [4.78, 5) is 12.0. The van der Waals surface area contributed by atoms with Gasteiger partial charge in [0.15, 0.2) is 0 Å². The highest BCUT2D eigenvalue weighted by Crippen LogP contribution is 2.31. The molecular weight excluding hydrogens is 364 g/mol. The third-order valence-electron chi connectivity index (χ3n) is 3.55. The van der Waals surface area contributed by atoms with Crippen molar-refractivity contribution in [1.29, 1.82) is 0 Å². The monoisotopic (exact) mass is 386 g/mol. The van der Waals surface area contributed by atoms with Crippen LogP contribution in [0.3, 0.4) is 0 Å². The lowest BCUT2D eigenvalue weighted by Gasteiger charge is -2.11. The molecule has 1 aromatic carbocycles. The largest absolute Gasteiger partial charge is 0.320 e. The molecular formula is C16H23ClN4OS2. The van der Waals surface area contributed by atoms with Gasteiger partial charge in [0.25, 0.3) is 0 Å². The van der Waals surface area contributed by atoms with E-state index in [1.807, 2.05) is 24.5 Å². The van der Waals surface area contributed by atoms with Gasteiger partial charge >= 0.3 is 0 Å². The second kappa shape index (κ2) is 10.7. The molecule has 0 radical (unpaired) electrons. The lowest BCUT2D eigenvalue weighted by Crippen LogP contribution is -2.36. The molecule has 0 spiro atoms.